The summed E-state index contributed by atoms with van der Waals surface area (Å²) in [6.07, 6.45) is 4.97. The molecular formula is C14H19N3O3. The van der Waals surface area contributed by atoms with Crippen LogP contribution in [0.25, 0.3) is 0 Å². The Morgan fingerprint density at radius 1 is 1.50 bits per heavy atom. The van der Waals surface area contributed by atoms with Crippen LogP contribution in [0.2, 0.25) is 0 Å². The predicted molar refractivity (Wildman–Crippen MR) is 73.4 cm³/mol. The highest BCUT2D eigenvalue weighted by Gasteiger charge is 2.24. The fourth-order valence-corrected chi connectivity index (χ4v) is 2.07. The summed E-state index contributed by atoms with van der Waals surface area (Å²) in [5.74, 6) is -0.240. The first kappa shape index (κ1) is 14.3. The molecule has 0 aromatic carbocycles. The van der Waals surface area contributed by atoms with Gasteiger partial charge in [-0.3, -0.25) is 4.98 Å². The highest BCUT2D eigenvalue weighted by atomic mass is 16.4. The number of nitrogens with zero attached hydrogens (tertiary/aromatic N) is 1. The quantitative estimate of drug-likeness (QED) is 0.739. The molecule has 1 fully saturated rings. The van der Waals surface area contributed by atoms with Crippen molar-refractivity contribution < 1.29 is 14.7 Å². The molecule has 1 aromatic heterocycles. The van der Waals surface area contributed by atoms with Crippen molar-refractivity contribution >= 4 is 12.0 Å². The third-order valence-corrected chi connectivity index (χ3v) is 3.25. The van der Waals surface area contributed by atoms with Gasteiger partial charge in [-0.1, -0.05) is 12.8 Å². The number of carbonyl (C=O) groups excluding carboxylic acids is 1. The maximum absolute atomic E-state index is 11.7. The van der Waals surface area contributed by atoms with Gasteiger partial charge in [-0.15, -0.1) is 0 Å². The summed E-state index contributed by atoms with van der Waals surface area (Å²) < 4.78 is 0. The van der Waals surface area contributed by atoms with Crippen molar-refractivity contribution in [3.05, 3.63) is 29.6 Å². The van der Waals surface area contributed by atoms with E-state index in [1.807, 2.05) is 6.92 Å². The normalized spacial score (nSPS) is 15.4. The minimum Gasteiger partial charge on any atom is -0.478 e. The maximum Gasteiger partial charge on any atom is 0.335 e. The van der Waals surface area contributed by atoms with Crippen LogP contribution < -0.4 is 10.6 Å². The van der Waals surface area contributed by atoms with Gasteiger partial charge in [0.15, 0.2) is 0 Å². The van der Waals surface area contributed by atoms with Gasteiger partial charge >= 0.3 is 12.0 Å². The van der Waals surface area contributed by atoms with E-state index in [1.165, 1.54) is 31.2 Å². The highest BCUT2D eigenvalue weighted by Crippen LogP contribution is 2.33. The number of carboxylic acid groups (broad SMARTS) is 1. The van der Waals surface area contributed by atoms with Gasteiger partial charge in [0.05, 0.1) is 17.8 Å². The summed E-state index contributed by atoms with van der Waals surface area (Å²) in [5, 5.41) is 14.4. The Hall–Kier alpha value is -2.11. The second kappa shape index (κ2) is 6.36. The number of hydrogen-bond acceptors (Lipinski definition) is 3. The number of amides is 2. The van der Waals surface area contributed by atoms with Crippen LogP contribution in [-0.2, 0) is 6.54 Å². The minimum atomic E-state index is -1.00. The van der Waals surface area contributed by atoms with E-state index in [0.717, 1.165) is 12.3 Å². The van der Waals surface area contributed by atoms with E-state index in [2.05, 4.69) is 15.6 Å². The zero-order valence-electron chi connectivity index (χ0n) is 11.4. The van der Waals surface area contributed by atoms with E-state index >= 15 is 0 Å². The molecule has 3 N–H and O–H groups in total. The van der Waals surface area contributed by atoms with Gasteiger partial charge in [0.1, 0.15) is 0 Å². The van der Waals surface area contributed by atoms with E-state index in [0.29, 0.717) is 5.69 Å². The number of pyridine rings is 1. The third kappa shape index (κ3) is 4.53. The third-order valence-electron chi connectivity index (χ3n) is 3.25. The molecule has 1 aliphatic rings. The van der Waals surface area contributed by atoms with Crippen molar-refractivity contribution in [2.24, 2.45) is 5.92 Å². The molecule has 0 saturated heterocycles. The summed E-state index contributed by atoms with van der Waals surface area (Å²) in [4.78, 5) is 26.5. The summed E-state index contributed by atoms with van der Waals surface area (Å²) in [7, 11) is 0. The summed E-state index contributed by atoms with van der Waals surface area (Å²) >= 11 is 0. The maximum atomic E-state index is 11.7. The van der Waals surface area contributed by atoms with Crippen LogP contribution in [0, 0.1) is 5.92 Å². The second-order valence-corrected chi connectivity index (χ2v) is 5.25. The molecule has 1 heterocycles. The van der Waals surface area contributed by atoms with Crippen LogP contribution in [0.4, 0.5) is 4.79 Å². The number of carbonyl (C=O) groups is 2. The lowest BCUT2D eigenvalue weighted by Gasteiger charge is -2.14. The predicted octanol–water partition coefficient (Wildman–Crippen LogP) is 1.77. The van der Waals surface area contributed by atoms with Crippen molar-refractivity contribution in [2.75, 3.05) is 0 Å². The summed E-state index contributed by atoms with van der Waals surface area (Å²) in [6.45, 7) is 2.20. The van der Waals surface area contributed by atoms with Gasteiger partial charge in [-0.05, 0) is 31.4 Å². The van der Waals surface area contributed by atoms with Gasteiger partial charge in [0, 0.05) is 12.2 Å². The number of aromatic carboxylic acids is 1. The summed E-state index contributed by atoms with van der Waals surface area (Å²) in [6, 6.07) is 2.78. The summed E-state index contributed by atoms with van der Waals surface area (Å²) in [5.41, 5.74) is 0.689. The van der Waals surface area contributed by atoms with E-state index in [4.69, 9.17) is 5.11 Å². The molecule has 2 amide bonds. The van der Waals surface area contributed by atoms with Crippen molar-refractivity contribution in [1.29, 1.82) is 0 Å². The molecule has 1 saturated carbocycles. The lowest BCUT2D eigenvalue weighted by molar-refractivity contribution is 0.0696. The molecule has 6 heteroatoms. The van der Waals surface area contributed by atoms with Gasteiger partial charge in [-0.2, -0.15) is 0 Å². The lowest BCUT2D eigenvalue weighted by Crippen LogP contribution is -2.40. The zero-order chi connectivity index (χ0) is 14.5. The highest BCUT2D eigenvalue weighted by molar-refractivity contribution is 5.87. The molecule has 2 rings (SSSR count). The van der Waals surface area contributed by atoms with E-state index in [1.54, 1.807) is 0 Å². The molecule has 108 valence electrons. The van der Waals surface area contributed by atoms with Crippen molar-refractivity contribution in [1.82, 2.24) is 15.6 Å². The van der Waals surface area contributed by atoms with Gasteiger partial charge in [0.2, 0.25) is 0 Å². The lowest BCUT2D eigenvalue weighted by atomic mass is 10.2. The Balaban J connectivity index is 1.77. The van der Waals surface area contributed by atoms with E-state index < -0.39 is 5.97 Å². The monoisotopic (exact) mass is 277 g/mol. The van der Waals surface area contributed by atoms with E-state index in [9.17, 15) is 9.59 Å². The SMILES string of the molecule is CC(CC1CC1)NC(=O)NCc1cc(C(=O)O)ccn1. The topological polar surface area (TPSA) is 91.3 Å². The second-order valence-electron chi connectivity index (χ2n) is 5.25. The fourth-order valence-electron chi connectivity index (χ4n) is 2.07. The Bertz CT molecular complexity index is 500. The van der Waals surface area contributed by atoms with Crippen LogP contribution in [0.15, 0.2) is 18.3 Å². The first-order valence-electron chi connectivity index (χ1n) is 6.77. The Morgan fingerprint density at radius 2 is 2.25 bits per heavy atom. The Morgan fingerprint density at radius 3 is 2.90 bits per heavy atom. The molecule has 0 bridgehead atoms. The van der Waals surface area contributed by atoms with Crippen LogP contribution in [-0.4, -0.2) is 28.1 Å². The first-order chi connectivity index (χ1) is 9.54. The average Bonchev–Trinajstić information content (AvgIpc) is 3.20. The van der Waals surface area contributed by atoms with Crippen LogP contribution in [0.5, 0.6) is 0 Å². The number of rotatable bonds is 6. The molecule has 1 atom stereocenters. The van der Waals surface area contributed by atoms with Crippen molar-refractivity contribution in [2.45, 2.75) is 38.8 Å². The van der Waals surface area contributed by atoms with Crippen LogP contribution in [0.1, 0.15) is 42.2 Å². The Labute approximate surface area is 117 Å². The molecule has 0 spiro atoms. The smallest absolute Gasteiger partial charge is 0.335 e. The van der Waals surface area contributed by atoms with Crippen molar-refractivity contribution in [3.8, 4) is 0 Å². The Kier molecular flexibility index (Phi) is 4.55. The van der Waals surface area contributed by atoms with Gasteiger partial charge in [-0.25, -0.2) is 9.59 Å². The molecule has 1 aliphatic carbocycles. The number of nitrogens with one attached hydrogen (secondary N) is 2. The molecule has 20 heavy (non-hydrogen) atoms. The standard InChI is InChI=1S/C14H19N3O3/c1-9(6-10-2-3-10)17-14(20)16-8-12-7-11(13(18)19)4-5-15-12/h4-5,7,9-10H,2-3,6,8H2,1H3,(H,18,19)(H2,16,17,20). The van der Waals surface area contributed by atoms with Crippen molar-refractivity contribution in [3.63, 3.8) is 0 Å². The fraction of sp³-hybridized carbons (Fsp3) is 0.500. The van der Waals surface area contributed by atoms with Gasteiger partial charge in [0.25, 0.3) is 0 Å². The van der Waals surface area contributed by atoms with Gasteiger partial charge < -0.3 is 15.7 Å². The molecular weight excluding hydrogens is 258 g/mol. The molecule has 1 aromatic rings. The number of hydrogen-bond donors (Lipinski definition) is 3. The van der Waals surface area contributed by atoms with E-state index in [-0.39, 0.29) is 24.2 Å². The number of aromatic nitrogens is 1. The molecule has 0 aliphatic heterocycles. The van der Waals surface area contributed by atoms with Crippen LogP contribution in [0.3, 0.4) is 0 Å². The molecule has 1 unspecified atom stereocenters. The van der Waals surface area contributed by atoms with Crippen LogP contribution >= 0.6 is 0 Å². The molecule has 6 nitrogen and oxygen atoms in total. The largest absolute Gasteiger partial charge is 0.478 e. The molecule has 0 radical (unpaired) electrons. The number of carboxylic acids is 1. The first-order valence-corrected chi connectivity index (χ1v) is 6.77. The average molecular weight is 277 g/mol. The number of urea groups is 1. The minimum absolute atomic E-state index is 0.154. The zero-order valence-corrected chi connectivity index (χ0v) is 11.4.